The van der Waals surface area contributed by atoms with E-state index in [1.54, 1.807) is 4.68 Å². The van der Waals surface area contributed by atoms with Gasteiger partial charge in [0.25, 0.3) is 0 Å². The Morgan fingerprint density at radius 3 is 2.90 bits per heavy atom. The zero-order valence-corrected chi connectivity index (χ0v) is 6.30. The van der Waals surface area contributed by atoms with Crippen molar-refractivity contribution in [2.24, 2.45) is 0 Å². The molecule has 0 saturated heterocycles. The molecule has 0 aliphatic carbocycles. The van der Waals surface area contributed by atoms with Gasteiger partial charge >= 0.3 is 0 Å². The van der Waals surface area contributed by atoms with Crippen molar-refractivity contribution in [3.8, 4) is 0 Å². The maximum absolute atomic E-state index is 10.3. The van der Waals surface area contributed by atoms with Crippen molar-refractivity contribution in [1.29, 1.82) is 0 Å². The predicted octanol–water partition coefficient (Wildman–Crippen LogP) is 0.141. The highest BCUT2D eigenvalue weighted by molar-refractivity contribution is 7.79. The maximum atomic E-state index is 10.3. The van der Waals surface area contributed by atoms with E-state index in [1.165, 1.54) is 12.4 Å². The summed E-state index contributed by atoms with van der Waals surface area (Å²) in [6.45, 7) is 2.59. The lowest BCUT2D eigenvalue weighted by Gasteiger charge is -1.97. The molecule has 0 aromatic carbocycles. The summed E-state index contributed by atoms with van der Waals surface area (Å²) in [5, 5.41) is 3.78. The lowest BCUT2D eigenvalue weighted by molar-refractivity contribution is 0.537. The Bertz CT molecular complexity index is 246. The smallest absolute Gasteiger partial charge is 0.0640 e. The molecule has 1 unspecified atom stereocenters. The minimum Gasteiger partial charge on any atom is -0.768 e. The third-order valence-electron chi connectivity index (χ3n) is 1.13. The van der Waals surface area contributed by atoms with Gasteiger partial charge in [-0.1, -0.05) is 0 Å². The normalized spacial score (nSPS) is 13.4. The molecule has 10 heavy (non-hydrogen) atoms. The van der Waals surface area contributed by atoms with Crippen LogP contribution in [0.15, 0.2) is 17.3 Å². The Hall–Kier alpha value is -0.680. The highest BCUT2D eigenvalue weighted by atomic mass is 32.2. The van der Waals surface area contributed by atoms with Gasteiger partial charge in [0, 0.05) is 12.7 Å². The highest BCUT2D eigenvalue weighted by Crippen LogP contribution is 2.00. The number of rotatable bonds is 2. The molecular weight excluding hydrogens is 152 g/mol. The Kier molecular flexibility index (Phi) is 2.18. The lowest BCUT2D eigenvalue weighted by atomic mass is 10.7. The van der Waals surface area contributed by atoms with Gasteiger partial charge in [-0.15, -0.1) is 0 Å². The summed E-state index contributed by atoms with van der Waals surface area (Å²) < 4.78 is 22.1. The summed E-state index contributed by atoms with van der Waals surface area (Å²) in [5.74, 6) is 0. The SMILES string of the molecule is CCn1cc(S(=O)[O-])cn1. The van der Waals surface area contributed by atoms with Crippen LogP contribution < -0.4 is 0 Å². The van der Waals surface area contributed by atoms with Crippen LogP contribution >= 0.6 is 0 Å². The standard InChI is InChI=1S/C5H8N2O2S/c1-2-7-4-5(3-6-7)10(8)9/h3-4H,2H2,1H3,(H,8,9)/p-1. The van der Waals surface area contributed by atoms with E-state index in [-0.39, 0.29) is 4.90 Å². The van der Waals surface area contributed by atoms with Crippen molar-refractivity contribution < 1.29 is 8.76 Å². The Morgan fingerprint density at radius 2 is 2.60 bits per heavy atom. The fourth-order valence-corrected chi connectivity index (χ4v) is 0.945. The first-order valence-corrected chi connectivity index (χ1v) is 3.93. The van der Waals surface area contributed by atoms with Crippen molar-refractivity contribution in [1.82, 2.24) is 9.78 Å². The summed E-state index contributed by atoms with van der Waals surface area (Å²) in [7, 11) is 0. The van der Waals surface area contributed by atoms with E-state index in [9.17, 15) is 8.76 Å². The molecule has 1 atom stereocenters. The molecule has 1 rings (SSSR count). The van der Waals surface area contributed by atoms with Crippen LogP contribution in [0.2, 0.25) is 0 Å². The Balaban J connectivity index is 2.88. The summed E-state index contributed by atoms with van der Waals surface area (Å²) in [6, 6.07) is 0. The van der Waals surface area contributed by atoms with E-state index >= 15 is 0 Å². The zero-order chi connectivity index (χ0) is 7.56. The van der Waals surface area contributed by atoms with Crippen LogP contribution in [0.3, 0.4) is 0 Å². The second-order valence-corrected chi connectivity index (χ2v) is 2.71. The van der Waals surface area contributed by atoms with Crippen LogP contribution in [-0.2, 0) is 17.6 Å². The zero-order valence-electron chi connectivity index (χ0n) is 5.48. The summed E-state index contributed by atoms with van der Waals surface area (Å²) >= 11 is -2.14. The van der Waals surface area contributed by atoms with Crippen molar-refractivity contribution in [2.45, 2.75) is 18.4 Å². The van der Waals surface area contributed by atoms with E-state index in [1.807, 2.05) is 6.92 Å². The first-order valence-electron chi connectivity index (χ1n) is 2.85. The van der Waals surface area contributed by atoms with Gasteiger partial charge in [0.2, 0.25) is 0 Å². The molecule has 0 aliphatic rings. The average Bonchev–Trinajstić information content (AvgIpc) is 2.34. The Morgan fingerprint density at radius 1 is 1.90 bits per heavy atom. The number of nitrogens with zero attached hydrogens (tertiary/aromatic N) is 2. The monoisotopic (exact) mass is 159 g/mol. The first kappa shape index (κ1) is 7.43. The quantitative estimate of drug-likeness (QED) is 0.577. The van der Waals surface area contributed by atoms with Crippen molar-refractivity contribution in [3.63, 3.8) is 0 Å². The third-order valence-corrected chi connectivity index (χ3v) is 1.72. The highest BCUT2D eigenvalue weighted by Gasteiger charge is 1.94. The fourth-order valence-electron chi connectivity index (χ4n) is 0.604. The molecule has 1 aromatic heterocycles. The second-order valence-electron chi connectivity index (χ2n) is 1.77. The molecule has 0 amide bonds. The topological polar surface area (TPSA) is 58.0 Å². The van der Waals surface area contributed by atoms with Crippen LogP contribution in [0.4, 0.5) is 0 Å². The van der Waals surface area contributed by atoms with Crippen molar-refractivity contribution in [3.05, 3.63) is 12.4 Å². The summed E-state index contributed by atoms with van der Waals surface area (Å²) in [4.78, 5) is 0.238. The molecular formula is C5H7N2O2S-. The molecule has 0 radical (unpaired) electrons. The van der Waals surface area contributed by atoms with E-state index < -0.39 is 11.1 Å². The molecule has 0 N–H and O–H groups in total. The van der Waals surface area contributed by atoms with E-state index in [2.05, 4.69) is 5.10 Å². The molecule has 1 aromatic rings. The van der Waals surface area contributed by atoms with Crippen LogP contribution in [0.25, 0.3) is 0 Å². The van der Waals surface area contributed by atoms with E-state index in [0.717, 1.165) is 0 Å². The van der Waals surface area contributed by atoms with Gasteiger partial charge in [0.15, 0.2) is 0 Å². The molecule has 1 heterocycles. The maximum Gasteiger partial charge on any atom is 0.0640 e. The van der Waals surface area contributed by atoms with Crippen LogP contribution in [0, 0.1) is 0 Å². The van der Waals surface area contributed by atoms with Crippen molar-refractivity contribution in [2.75, 3.05) is 0 Å². The first-order chi connectivity index (χ1) is 4.74. The second kappa shape index (κ2) is 2.94. The largest absolute Gasteiger partial charge is 0.768 e. The molecule has 0 saturated carbocycles. The number of hydrogen-bond acceptors (Lipinski definition) is 3. The minimum absolute atomic E-state index is 0.238. The molecule has 0 fully saturated rings. The van der Waals surface area contributed by atoms with Gasteiger partial charge in [-0.25, -0.2) is 0 Å². The van der Waals surface area contributed by atoms with Gasteiger partial charge < -0.3 is 4.55 Å². The van der Waals surface area contributed by atoms with E-state index in [4.69, 9.17) is 0 Å². The minimum atomic E-state index is -2.14. The van der Waals surface area contributed by atoms with Gasteiger partial charge in [-0.3, -0.25) is 8.89 Å². The number of hydrogen-bond donors (Lipinski definition) is 0. The molecule has 4 nitrogen and oxygen atoms in total. The van der Waals surface area contributed by atoms with E-state index in [0.29, 0.717) is 6.54 Å². The van der Waals surface area contributed by atoms with Crippen LogP contribution in [0.5, 0.6) is 0 Å². The molecule has 5 heteroatoms. The fraction of sp³-hybridized carbons (Fsp3) is 0.400. The molecule has 56 valence electrons. The van der Waals surface area contributed by atoms with Gasteiger partial charge in [0.05, 0.1) is 11.1 Å². The van der Waals surface area contributed by atoms with Crippen LogP contribution in [-0.4, -0.2) is 18.5 Å². The van der Waals surface area contributed by atoms with Gasteiger partial charge in [-0.05, 0) is 18.0 Å². The molecule has 0 spiro atoms. The molecule has 0 aliphatic heterocycles. The lowest BCUT2D eigenvalue weighted by Crippen LogP contribution is -1.92. The van der Waals surface area contributed by atoms with Crippen LogP contribution in [0.1, 0.15) is 6.92 Å². The predicted molar refractivity (Wildman–Crippen MR) is 35.1 cm³/mol. The Labute approximate surface area is 61.1 Å². The third kappa shape index (κ3) is 1.43. The number of aromatic nitrogens is 2. The summed E-state index contributed by atoms with van der Waals surface area (Å²) in [6.07, 6.45) is 2.82. The van der Waals surface area contributed by atoms with Crippen molar-refractivity contribution >= 4 is 11.1 Å². The van der Waals surface area contributed by atoms with Gasteiger partial charge in [0.1, 0.15) is 0 Å². The summed E-state index contributed by atoms with van der Waals surface area (Å²) in [5.41, 5.74) is 0. The average molecular weight is 159 g/mol. The van der Waals surface area contributed by atoms with Gasteiger partial charge in [-0.2, -0.15) is 5.10 Å². The number of aryl methyl sites for hydroxylation is 1. The molecule has 0 bridgehead atoms.